The van der Waals surface area contributed by atoms with Crippen LogP contribution >= 0.6 is 0 Å². The smallest absolute Gasteiger partial charge is 0.119 e. The van der Waals surface area contributed by atoms with Crippen LogP contribution in [-0.2, 0) is 13.0 Å². The van der Waals surface area contributed by atoms with E-state index >= 15 is 0 Å². The summed E-state index contributed by atoms with van der Waals surface area (Å²) in [7, 11) is 0. The fourth-order valence-corrected chi connectivity index (χ4v) is 5.45. The van der Waals surface area contributed by atoms with Gasteiger partial charge in [-0.25, -0.2) is 4.68 Å². The number of aliphatic hydroxyl groups is 1. The van der Waals surface area contributed by atoms with Crippen molar-refractivity contribution in [2.75, 3.05) is 6.61 Å². The first-order chi connectivity index (χ1) is 22.6. The van der Waals surface area contributed by atoms with Gasteiger partial charge in [0, 0.05) is 5.56 Å². The van der Waals surface area contributed by atoms with Crippen molar-refractivity contribution in [2.24, 2.45) is 10.2 Å². The van der Waals surface area contributed by atoms with Crippen molar-refractivity contribution in [3.8, 4) is 22.8 Å². The van der Waals surface area contributed by atoms with E-state index in [0.717, 1.165) is 17.7 Å². The van der Waals surface area contributed by atoms with Crippen molar-refractivity contribution in [2.45, 2.75) is 109 Å². The van der Waals surface area contributed by atoms with Gasteiger partial charge >= 0.3 is 0 Å². The number of azo groups is 1. The van der Waals surface area contributed by atoms with E-state index < -0.39 is 6.10 Å². The van der Waals surface area contributed by atoms with Gasteiger partial charge in [-0.2, -0.15) is 10.2 Å². The van der Waals surface area contributed by atoms with E-state index in [0.29, 0.717) is 17.1 Å². The minimum absolute atomic E-state index is 0.179. The van der Waals surface area contributed by atoms with E-state index in [-0.39, 0.29) is 18.9 Å². The van der Waals surface area contributed by atoms with Crippen LogP contribution in [0.2, 0.25) is 0 Å². The number of aromatic hydroxyl groups is 1. The van der Waals surface area contributed by atoms with Crippen LogP contribution in [0.25, 0.3) is 11.3 Å². The van der Waals surface area contributed by atoms with E-state index in [1.165, 1.54) is 89.0 Å². The van der Waals surface area contributed by atoms with Gasteiger partial charge in [0.05, 0.1) is 24.1 Å². The van der Waals surface area contributed by atoms with Crippen LogP contribution in [0, 0.1) is 0 Å². The Labute approximate surface area is 274 Å². The molecule has 4 rings (SSSR count). The van der Waals surface area contributed by atoms with Crippen LogP contribution in [0.5, 0.6) is 11.5 Å². The molecule has 0 spiro atoms. The summed E-state index contributed by atoms with van der Waals surface area (Å²) >= 11 is 0. The summed E-state index contributed by atoms with van der Waals surface area (Å²) in [6, 6.07) is 22.3. The number of phenolic OH excluding ortho intramolecular Hbond substituents is 1. The standard InChI is InChI=1S/C38H51N5O3/c1-2-3-4-5-6-7-8-9-10-11-12-13-14-16-31-17-15-18-37(27-31)46-30-36(45)28-43-29-38(41-42-43)32-19-21-33(22-20-32)39-40-34-23-25-35(44)26-24-34/h15,17-27,29,36,44-45H,2-14,16,28,30H2,1H3. The van der Waals surface area contributed by atoms with Crippen LogP contribution in [0.15, 0.2) is 89.2 Å². The van der Waals surface area contributed by atoms with Gasteiger partial charge in [-0.05, 0) is 66.9 Å². The van der Waals surface area contributed by atoms with Gasteiger partial charge in [-0.1, -0.05) is 113 Å². The third kappa shape index (κ3) is 13.1. The lowest BCUT2D eigenvalue weighted by Gasteiger charge is -2.13. The molecule has 0 aliphatic heterocycles. The molecule has 246 valence electrons. The summed E-state index contributed by atoms with van der Waals surface area (Å²) in [5.41, 5.74) is 4.23. The summed E-state index contributed by atoms with van der Waals surface area (Å²) < 4.78 is 7.55. The minimum Gasteiger partial charge on any atom is -0.508 e. The fourth-order valence-electron chi connectivity index (χ4n) is 5.45. The number of aryl methyl sites for hydroxylation is 1. The van der Waals surface area contributed by atoms with Gasteiger partial charge in [0.15, 0.2) is 0 Å². The number of benzene rings is 3. The molecule has 8 heteroatoms. The minimum atomic E-state index is -0.720. The quantitative estimate of drug-likeness (QED) is 0.0668. The Balaban J connectivity index is 1.10. The van der Waals surface area contributed by atoms with Crippen molar-refractivity contribution in [1.82, 2.24) is 15.0 Å². The molecule has 4 aromatic rings. The molecule has 0 bridgehead atoms. The molecule has 8 nitrogen and oxygen atoms in total. The Morgan fingerprint density at radius 1 is 0.739 bits per heavy atom. The molecule has 1 aromatic heterocycles. The maximum atomic E-state index is 10.6. The Kier molecular flexibility index (Phi) is 15.3. The second kappa shape index (κ2) is 20.2. The lowest BCUT2D eigenvalue weighted by Crippen LogP contribution is -2.24. The van der Waals surface area contributed by atoms with Gasteiger partial charge in [-0.3, -0.25) is 0 Å². The Morgan fingerprint density at radius 3 is 1.96 bits per heavy atom. The molecular formula is C38H51N5O3. The summed E-state index contributed by atoms with van der Waals surface area (Å²) in [5.74, 6) is 0.977. The van der Waals surface area contributed by atoms with E-state index in [1.54, 1.807) is 28.9 Å². The Hall–Kier alpha value is -4.04. The molecule has 0 aliphatic rings. The maximum Gasteiger partial charge on any atom is 0.119 e. The zero-order chi connectivity index (χ0) is 32.2. The lowest BCUT2D eigenvalue weighted by molar-refractivity contribution is 0.0888. The number of hydrogen-bond donors (Lipinski definition) is 2. The highest BCUT2D eigenvalue weighted by molar-refractivity contribution is 5.60. The number of unbranched alkanes of at least 4 members (excludes halogenated alkanes) is 12. The predicted molar refractivity (Wildman–Crippen MR) is 185 cm³/mol. The van der Waals surface area contributed by atoms with E-state index in [1.807, 2.05) is 42.6 Å². The van der Waals surface area contributed by atoms with Crippen molar-refractivity contribution in [3.05, 3.63) is 84.6 Å². The summed E-state index contributed by atoms with van der Waals surface area (Å²) in [6.07, 6.45) is 19.9. The molecule has 0 radical (unpaired) electrons. The third-order valence-electron chi connectivity index (χ3n) is 8.14. The Morgan fingerprint density at radius 2 is 1.33 bits per heavy atom. The number of ether oxygens (including phenoxy) is 1. The van der Waals surface area contributed by atoms with Crippen molar-refractivity contribution in [1.29, 1.82) is 0 Å². The van der Waals surface area contributed by atoms with E-state index in [4.69, 9.17) is 4.74 Å². The molecule has 46 heavy (non-hydrogen) atoms. The number of hydrogen-bond acceptors (Lipinski definition) is 7. The van der Waals surface area contributed by atoms with E-state index in [9.17, 15) is 10.2 Å². The number of nitrogens with zero attached hydrogens (tertiary/aromatic N) is 5. The molecule has 1 atom stereocenters. The highest BCUT2D eigenvalue weighted by atomic mass is 16.5. The molecule has 0 fully saturated rings. The molecule has 0 saturated heterocycles. The molecule has 3 aromatic carbocycles. The molecule has 1 heterocycles. The average Bonchev–Trinajstić information content (AvgIpc) is 3.54. The first kappa shape index (κ1) is 34.8. The number of rotatable bonds is 22. The van der Waals surface area contributed by atoms with Crippen molar-refractivity contribution in [3.63, 3.8) is 0 Å². The number of aromatic nitrogens is 3. The first-order valence-electron chi connectivity index (χ1n) is 17.2. The summed E-state index contributed by atoms with van der Waals surface area (Å²) in [5, 5.41) is 36.8. The van der Waals surface area contributed by atoms with Crippen molar-refractivity contribution < 1.29 is 14.9 Å². The van der Waals surface area contributed by atoms with Crippen LogP contribution in [-0.4, -0.2) is 37.9 Å². The predicted octanol–water partition coefficient (Wildman–Crippen LogP) is 10.1. The zero-order valence-electron chi connectivity index (χ0n) is 27.4. The zero-order valence-corrected chi connectivity index (χ0v) is 27.4. The monoisotopic (exact) mass is 625 g/mol. The van der Waals surface area contributed by atoms with Gasteiger partial charge in [0.25, 0.3) is 0 Å². The normalized spacial score (nSPS) is 12.1. The largest absolute Gasteiger partial charge is 0.508 e. The lowest BCUT2D eigenvalue weighted by atomic mass is 10.0. The topological polar surface area (TPSA) is 105 Å². The molecular weight excluding hydrogens is 574 g/mol. The second-order valence-electron chi connectivity index (χ2n) is 12.2. The average molecular weight is 626 g/mol. The maximum absolute atomic E-state index is 10.6. The molecule has 1 unspecified atom stereocenters. The molecule has 0 amide bonds. The van der Waals surface area contributed by atoms with Gasteiger partial charge in [-0.15, -0.1) is 5.10 Å². The van der Waals surface area contributed by atoms with Crippen LogP contribution in [0.1, 0.15) is 96.0 Å². The van der Waals surface area contributed by atoms with Crippen molar-refractivity contribution >= 4 is 11.4 Å². The number of aliphatic hydroxyl groups excluding tert-OH is 1. The highest BCUT2D eigenvalue weighted by Crippen LogP contribution is 2.24. The molecule has 2 N–H and O–H groups in total. The van der Waals surface area contributed by atoms with Gasteiger partial charge in [0.1, 0.15) is 29.9 Å². The van der Waals surface area contributed by atoms with E-state index in [2.05, 4.69) is 39.6 Å². The second-order valence-corrected chi connectivity index (χ2v) is 12.2. The van der Waals surface area contributed by atoms with Gasteiger partial charge < -0.3 is 14.9 Å². The Bertz CT molecular complexity index is 1420. The third-order valence-corrected chi connectivity index (χ3v) is 8.14. The number of phenols is 1. The summed E-state index contributed by atoms with van der Waals surface area (Å²) in [6.45, 7) is 2.74. The van der Waals surface area contributed by atoms with Crippen LogP contribution in [0.3, 0.4) is 0 Å². The van der Waals surface area contributed by atoms with Crippen LogP contribution < -0.4 is 4.74 Å². The molecule has 0 saturated carbocycles. The SMILES string of the molecule is CCCCCCCCCCCCCCCc1cccc(OCC(O)Cn2cc(-c3ccc(N=Nc4ccc(O)cc4)cc3)nn2)c1. The summed E-state index contributed by atoms with van der Waals surface area (Å²) in [4.78, 5) is 0. The van der Waals surface area contributed by atoms with Gasteiger partial charge in [0.2, 0.25) is 0 Å². The fraction of sp³-hybridized carbons (Fsp3) is 0.474. The molecule has 0 aliphatic carbocycles. The van der Waals surface area contributed by atoms with Crippen LogP contribution in [0.4, 0.5) is 11.4 Å². The highest BCUT2D eigenvalue weighted by Gasteiger charge is 2.10. The first-order valence-corrected chi connectivity index (χ1v) is 17.2.